The Labute approximate surface area is 76.2 Å². The average molecular weight is 170 g/mol. The lowest BCUT2D eigenvalue weighted by Gasteiger charge is -2.38. The highest BCUT2D eigenvalue weighted by atomic mass is 16.3. The molecule has 3 unspecified atom stereocenters. The molecular formula is C11H22O. The molecule has 0 amide bonds. The first-order valence-corrected chi connectivity index (χ1v) is 5.13. The van der Waals surface area contributed by atoms with E-state index >= 15 is 0 Å². The molecule has 0 heterocycles. The van der Waals surface area contributed by atoms with Crippen LogP contribution < -0.4 is 0 Å². The van der Waals surface area contributed by atoms with Crippen LogP contribution in [-0.4, -0.2) is 10.7 Å². The van der Waals surface area contributed by atoms with Crippen LogP contribution in [0, 0.1) is 17.8 Å². The van der Waals surface area contributed by atoms with E-state index < -0.39 is 5.60 Å². The van der Waals surface area contributed by atoms with E-state index in [-0.39, 0.29) is 0 Å². The minimum absolute atomic E-state index is 0.464. The lowest BCUT2D eigenvalue weighted by Crippen LogP contribution is -2.36. The quantitative estimate of drug-likeness (QED) is 0.641. The largest absolute Gasteiger partial charge is 0.390 e. The van der Waals surface area contributed by atoms with Crippen molar-refractivity contribution in [3.8, 4) is 0 Å². The lowest BCUT2D eigenvalue weighted by atomic mass is 9.70. The van der Waals surface area contributed by atoms with Gasteiger partial charge in [0.15, 0.2) is 0 Å². The molecule has 0 aliphatic heterocycles. The number of hydrogen-bond acceptors (Lipinski definition) is 1. The fourth-order valence-electron chi connectivity index (χ4n) is 2.19. The van der Waals surface area contributed by atoms with Gasteiger partial charge in [-0.25, -0.2) is 0 Å². The van der Waals surface area contributed by atoms with Crippen LogP contribution >= 0.6 is 0 Å². The van der Waals surface area contributed by atoms with E-state index in [1.165, 1.54) is 19.3 Å². The fraction of sp³-hybridized carbons (Fsp3) is 1.00. The van der Waals surface area contributed by atoms with Crippen LogP contribution in [0.25, 0.3) is 0 Å². The molecule has 0 aromatic heterocycles. The smallest absolute Gasteiger partial charge is 0.0619 e. The number of rotatable bonds is 1. The summed E-state index contributed by atoms with van der Waals surface area (Å²) in [6, 6.07) is 0. The topological polar surface area (TPSA) is 20.2 Å². The third-order valence-corrected chi connectivity index (χ3v) is 3.60. The summed E-state index contributed by atoms with van der Waals surface area (Å²) in [6.45, 7) is 8.52. The molecule has 0 spiro atoms. The second-order valence-corrected chi connectivity index (χ2v) is 5.12. The molecule has 0 bridgehead atoms. The van der Waals surface area contributed by atoms with Gasteiger partial charge in [-0.2, -0.15) is 0 Å². The minimum Gasteiger partial charge on any atom is -0.390 e. The minimum atomic E-state index is -0.464. The van der Waals surface area contributed by atoms with Gasteiger partial charge in [-0.15, -0.1) is 0 Å². The molecule has 1 saturated carbocycles. The van der Waals surface area contributed by atoms with Crippen molar-refractivity contribution in [3.63, 3.8) is 0 Å². The normalized spacial score (nSPS) is 38.2. The van der Waals surface area contributed by atoms with Gasteiger partial charge in [0.05, 0.1) is 5.60 Å². The Morgan fingerprint density at radius 2 is 1.67 bits per heavy atom. The summed E-state index contributed by atoms with van der Waals surface area (Å²) in [5.41, 5.74) is -0.464. The van der Waals surface area contributed by atoms with Crippen LogP contribution in [-0.2, 0) is 0 Å². The maximum Gasteiger partial charge on any atom is 0.0619 e. The fourth-order valence-corrected chi connectivity index (χ4v) is 2.19. The second-order valence-electron chi connectivity index (χ2n) is 5.12. The van der Waals surface area contributed by atoms with E-state index in [9.17, 15) is 5.11 Å². The van der Waals surface area contributed by atoms with Gasteiger partial charge in [0.2, 0.25) is 0 Å². The zero-order chi connectivity index (χ0) is 9.35. The first-order chi connectivity index (χ1) is 5.41. The van der Waals surface area contributed by atoms with Crippen LogP contribution in [0.1, 0.15) is 47.0 Å². The maximum absolute atomic E-state index is 9.85. The Bertz CT molecular complexity index is 146. The Hall–Kier alpha value is -0.0400. The standard InChI is InChI=1S/C11H22O/c1-8-5-6-10(7-9(8)2)11(3,4)12/h8-10,12H,5-7H2,1-4H3. The predicted molar refractivity (Wildman–Crippen MR) is 52.0 cm³/mol. The zero-order valence-corrected chi connectivity index (χ0v) is 8.80. The van der Waals surface area contributed by atoms with E-state index in [4.69, 9.17) is 0 Å². The predicted octanol–water partition coefficient (Wildman–Crippen LogP) is 2.83. The van der Waals surface area contributed by atoms with Crippen molar-refractivity contribution < 1.29 is 5.11 Å². The van der Waals surface area contributed by atoms with Gasteiger partial charge >= 0.3 is 0 Å². The molecule has 12 heavy (non-hydrogen) atoms. The average Bonchev–Trinajstić information content (AvgIpc) is 1.92. The Morgan fingerprint density at radius 3 is 2.08 bits per heavy atom. The summed E-state index contributed by atoms with van der Waals surface area (Å²) in [7, 11) is 0. The summed E-state index contributed by atoms with van der Waals surface area (Å²) < 4.78 is 0. The Morgan fingerprint density at radius 1 is 1.08 bits per heavy atom. The Kier molecular flexibility index (Phi) is 2.82. The summed E-state index contributed by atoms with van der Waals surface area (Å²) >= 11 is 0. The van der Waals surface area contributed by atoms with E-state index in [1.54, 1.807) is 0 Å². The van der Waals surface area contributed by atoms with Gasteiger partial charge in [0.1, 0.15) is 0 Å². The van der Waals surface area contributed by atoms with E-state index in [0.717, 1.165) is 11.8 Å². The molecule has 1 aliphatic carbocycles. The summed E-state index contributed by atoms with van der Waals surface area (Å²) in [5, 5.41) is 9.85. The van der Waals surface area contributed by atoms with Crippen molar-refractivity contribution in [2.24, 2.45) is 17.8 Å². The molecule has 1 N–H and O–H groups in total. The van der Waals surface area contributed by atoms with Crippen molar-refractivity contribution in [2.45, 2.75) is 52.6 Å². The molecule has 0 aromatic rings. The first-order valence-electron chi connectivity index (χ1n) is 5.13. The molecule has 0 aromatic carbocycles. The van der Waals surface area contributed by atoms with Gasteiger partial charge < -0.3 is 5.11 Å². The highest BCUT2D eigenvalue weighted by Crippen LogP contribution is 2.38. The van der Waals surface area contributed by atoms with Crippen LogP contribution in [0.3, 0.4) is 0 Å². The van der Waals surface area contributed by atoms with Crippen LogP contribution in [0.2, 0.25) is 0 Å². The molecule has 3 atom stereocenters. The van der Waals surface area contributed by atoms with Crippen molar-refractivity contribution in [2.75, 3.05) is 0 Å². The van der Waals surface area contributed by atoms with Gasteiger partial charge in [0.25, 0.3) is 0 Å². The molecule has 1 aliphatic rings. The monoisotopic (exact) mass is 170 g/mol. The summed E-state index contributed by atoms with van der Waals surface area (Å²) in [4.78, 5) is 0. The molecule has 72 valence electrons. The third kappa shape index (κ3) is 2.22. The van der Waals surface area contributed by atoms with Gasteiger partial charge in [0, 0.05) is 0 Å². The number of hydrogen-bond donors (Lipinski definition) is 1. The van der Waals surface area contributed by atoms with Crippen molar-refractivity contribution in [3.05, 3.63) is 0 Å². The highest BCUT2D eigenvalue weighted by molar-refractivity contribution is 4.84. The van der Waals surface area contributed by atoms with Crippen molar-refractivity contribution in [1.82, 2.24) is 0 Å². The molecule has 1 rings (SSSR count). The first kappa shape index (κ1) is 10.0. The van der Waals surface area contributed by atoms with E-state index in [2.05, 4.69) is 13.8 Å². The second kappa shape index (κ2) is 3.37. The Balaban J connectivity index is 2.51. The highest BCUT2D eigenvalue weighted by Gasteiger charge is 2.33. The van der Waals surface area contributed by atoms with E-state index in [1.807, 2.05) is 13.8 Å². The lowest BCUT2D eigenvalue weighted by molar-refractivity contribution is -0.0165. The van der Waals surface area contributed by atoms with E-state index in [0.29, 0.717) is 5.92 Å². The zero-order valence-electron chi connectivity index (χ0n) is 8.80. The number of aliphatic hydroxyl groups is 1. The summed E-state index contributed by atoms with van der Waals surface area (Å²) in [6.07, 6.45) is 3.69. The molecule has 1 nitrogen and oxygen atoms in total. The van der Waals surface area contributed by atoms with Gasteiger partial charge in [-0.3, -0.25) is 0 Å². The molecule has 1 fully saturated rings. The summed E-state index contributed by atoms with van der Waals surface area (Å²) in [5.74, 6) is 2.16. The molecule has 1 heteroatoms. The maximum atomic E-state index is 9.85. The molecule has 0 radical (unpaired) electrons. The van der Waals surface area contributed by atoms with Gasteiger partial charge in [-0.05, 0) is 44.4 Å². The molecule has 0 saturated heterocycles. The SMILES string of the molecule is CC1CCC(C(C)(C)O)CC1C. The molecular weight excluding hydrogens is 148 g/mol. The van der Waals surface area contributed by atoms with Crippen LogP contribution in [0.5, 0.6) is 0 Å². The van der Waals surface area contributed by atoms with Crippen LogP contribution in [0.4, 0.5) is 0 Å². The van der Waals surface area contributed by atoms with Crippen molar-refractivity contribution >= 4 is 0 Å². The van der Waals surface area contributed by atoms with Gasteiger partial charge in [-0.1, -0.05) is 20.3 Å². The van der Waals surface area contributed by atoms with Crippen LogP contribution in [0.15, 0.2) is 0 Å². The van der Waals surface area contributed by atoms with Crippen molar-refractivity contribution in [1.29, 1.82) is 0 Å². The third-order valence-electron chi connectivity index (χ3n) is 3.60.